The number of imide groups is 1. The van der Waals surface area contributed by atoms with Gasteiger partial charge in [-0.2, -0.15) is 0 Å². The second-order valence-electron chi connectivity index (χ2n) is 7.27. The summed E-state index contributed by atoms with van der Waals surface area (Å²) in [6.07, 6.45) is 1.31. The van der Waals surface area contributed by atoms with E-state index in [1.54, 1.807) is 31.2 Å². The molecule has 140 valence electrons. The van der Waals surface area contributed by atoms with E-state index in [4.69, 9.17) is 0 Å². The second kappa shape index (κ2) is 7.68. The molecular weight excluding hydrogens is 334 g/mol. The molecule has 1 atom stereocenters. The van der Waals surface area contributed by atoms with E-state index in [0.29, 0.717) is 23.6 Å². The number of rotatable bonds is 7. The summed E-state index contributed by atoms with van der Waals surface area (Å²) in [5, 5.41) is 5.31. The van der Waals surface area contributed by atoms with Crippen molar-refractivity contribution >= 4 is 29.3 Å². The van der Waals surface area contributed by atoms with E-state index in [1.807, 2.05) is 13.8 Å². The Hall–Kier alpha value is -2.70. The smallest absolute Gasteiger partial charge is 0.325 e. The molecule has 26 heavy (non-hydrogen) atoms. The fourth-order valence-corrected chi connectivity index (χ4v) is 2.80. The van der Waals surface area contributed by atoms with Crippen molar-refractivity contribution in [1.82, 2.24) is 10.2 Å². The zero-order valence-corrected chi connectivity index (χ0v) is 15.6. The molecular formula is C19H25N3O4. The first-order chi connectivity index (χ1) is 12.1. The van der Waals surface area contributed by atoms with Gasteiger partial charge in [0.2, 0.25) is 5.91 Å². The van der Waals surface area contributed by atoms with Crippen molar-refractivity contribution in [1.29, 1.82) is 0 Å². The number of nitrogens with one attached hydrogen (secondary N) is 2. The van der Waals surface area contributed by atoms with Gasteiger partial charge >= 0.3 is 6.03 Å². The Labute approximate surface area is 153 Å². The van der Waals surface area contributed by atoms with Crippen LogP contribution in [0.3, 0.4) is 0 Å². The van der Waals surface area contributed by atoms with E-state index in [2.05, 4.69) is 10.6 Å². The summed E-state index contributed by atoms with van der Waals surface area (Å²) >= 11 is 0. The summed E-state index contributed by atoms with van der Waals surface area (Å²) in [6, 6.07) is 5.94. The first-order valence-electron chi connectivity index (χ1n) is 8.67. The molecule has 7 nitrogen and oxygen atoms in total. The van der Waals surface area contributed by atoms with Gasteiger partial charge < -0.3 is 10.6 Å². The number of Topliss-reactive ketones (excluding diaryl/α,β-unsaturated/α-hetero) is 1. The molecule has 1 aromatic carbocycles. The van der Waals surface area contributed by atoms with Crippen molar-refractivity contribution < 1.29 is 19.2 Å². The maximum Gasteiger partial charge on any atom is 0.325 e. The van der Waals surface area contributed by atoms with E-state index < -0.39 is 23.4 Å². The minimum atomic E-state index is -0.976. The van der Waals surface area contributed by atoms with E-state index in [0.717, 1.165) is 11.3 Å². The lowest BCUT2D eigenvalue weighted by Gasteiger charge is -2.22. The van der Waals surface area contributed by atoms with Gasteiger partial charge in [-0.25, -0.2) is 4.79 Å². The van der Waals surface area contributed by atoms with Gasteiger partial charge in [-0.3, -0.25) is 19.3 Å². The molecule has 0 aromatic heterocycles. The van der Waals surface area contributed by atoms with Crippen molar-refractivity contribution in [2.24, 2.45) is 5.92 Å². The zero-order valence-electron chi connectivity index (χ0n) is 15.6. The normalized spacial score (nSPS) is 19.7. The first kappa shape index (κ1) is 19.6. The van der Waals surface area contributed by atoms with Crippen LogP contribution < -0.4 is 10.6 Å². The summed E-state index contributed by atoms with van der Waals surface area (Å²) in [4.78, 5) is 49.3. The summed E-state index contributed by atoms with van der Waals surface area (Å²) in [5.41, 5.74) is -0.0627. The third-order valence-electron chi connectivity index (χ3n) is 4.42. The van der Waals surface area contributed by atoms with Crippen LogP contribution in [-0.2, 0) is 9.59 Å². The molecule has 0 saturated carbocycles. The summed E-state index contributed by atoms with van der Waals surface area (Å²) in [5.74, 6) is -0.600. The van der Waals surface area contributed by atoms with Crippen LogP contribution in [0.1, 0.15) is 50.9 Å². The van der Waals surface area contributed by atoms with E-state index >= 15 is 0 Å². The van der Waals surface area contributed by atoms with Crippen LogP contribution in [0.4, 0.5) is 10.5 Å². The lowest BCUT2D eigenvalue weighted by atomic mass is 9.92. The topological polar surface area (TPSA) is 95.6 Å². The van der Waals surface area contributed by atoms with Gasteiger partial charge in [0.15, 0.2) is 5.78 Å². The first-order valence-corrected chi connectivity index (χ1v) is 8.67. The number of amides is 4. The Bertz CT molecular complexity index is 744. The quantitative estimate of drug-likeness (QED) is 0.578. The number of benzene rings is 1. The standard InChI is InChI=1S/C19H25N3O4/c1-12(2)8-9-19(4)17(25)22(18(26)21-19)11-16(24)20-15-7-5-6-14(10-15)13(3)23/h5-7,10,12H,8-9,11H2,1-4H3,(H,20,24)(H,21,26)/t19-/m0/s1. The summed E-state index contributed by atoms with van der Waals surface area (Å²) in [6.45, 7) is 6.85. The Kier molecular flexibility index (Phi) is 5.79. The highest BCUT2D eigenvalue weighted by Gasteiger charge is 2.47. The molecule has 7 heteroatoms. The lowest BCUT2D eigenvalue weighted by molar-refractivity contribution is -0.133. The van der Waals surface area contributed by atoms with Gasteiger partial charge in [-0.1, -0.05) is 26.0 Å². The molecule has 0 spiro atoms. The lowest BCUT2D eigenvalue weighted by Crippen LogP contribution is -2.44. The number of nitrogens with zero attached hydrogens (tertiary/aromatic N) is 1. The monoisotopic (exact) mass is 359 g/mol. The predicted molar refractivity (Wildman–Crippen MR) is 97.8 cm³/mol. The molecule has 4 amide bonds. The Morgan fingerprint density at radius 2 is 1.96 bits per heavy atom. The van der Waals surface area contributed by atoms with Gasteiger partial charge in [-0.05, 0) is 44.7 Å². The molecule has 1 aliphatic heterocycles. The van der Waals surface area contributed by atoms with Crippen molar-refractivity contribution in [3.05, 3.63) is 29.8 Å². The Balaban J connectivity index is 2.02. The molecule has 1 aliphatic rings. The van der Waals surface area contributed by atoms with Crippen LogP contribution in [0.5, 0.6) is 0 Å². The minimum absolute atomic E-state index is 0.115. The largest absolute Gasteiger partial charge is 0.325 e. The van der Waals surface area contributed by atoms with Crippen molar-refractivity contribution in [3.63, 3.8) is 0 Å². The second-order valence-corrected chi connectivity index (χ2v) is 7.27. The average Bonchev–Trinajstić information content (AvgIpc) is 2.77. The third kappa shape index (κ3) is 4.47. The zero-order chi connectivity index (χ0) is 19.5. The third-order valence-corrected chi connectivity index (χ3v) is 4.42. The average molecular weight is 359 g/mol. The molecule has 2 N–H and O–H groups in total. The van der Waals surface area contributed by atoms with Gasteiger partial charge in [0.05, 0.1) is 0 Å². The van der Waals surface area contributed by atoms with E-state index in [9.17, 15) is 19.2 Å². The molecule has 0 bridgehead atoms. The Morgan fingerprint density at radius 3 is 2.58 bits per heavy atom. The fraction of sp³-hybridized carbons (Fsp3) is 0.474. The van der Waals surface area contributed by atoms with Crippen LogP contribution >= 0.6 is 0 Å². The fourth-order valence-electron chi connectivity index (χ4n) is 2.80. The van der Waals surface area contributed by atoms with Crippen LogP contribution in [0.15, 0.2) is 24.3 Å². The van der Waals surface area contributed by atoms with Gasteiger partial charge in [0.25, 0.3) is 5.91 Å². The van der Waals surface area contributed by atoms with Crippen LogP contribution in [0, 0.1) is 5.92 Å². The number of hydrogen-bond acceptors (Lipinski definition) is 4. The van der Waals surface area contributed by atoms with Crippen LogP contribution in [0.2, 0.25) is 0 Å². The maximum absolute atomic E-state index is 12.6. The van der Waals surface area contributed by atoms with E-state index in [1.165, 1.54) is 6.92 Å². The van der Waals surface area contributed by atoms with E-state index in [-0.39, 0.29) is 12.3 Å². The summed E-state index contributed by atoms with van der Waals surface area (Å²) < 4.78 is 0. The predicted octanol–water partition coefficient (Wildman–Crippen LogP) is 2.57. The molecule has 1 heterocycles. The minimum Gasteiger partial charge on any atom is -0.325 e. The highest BCUT2D eigenvalue weighted by molar-refractivity contribution is 6.10. The molecule has 1 fully saturated rings. The molecule has 2 rings (SSSR count). The number of carbonyl (C=O) groups excluding carboxylic acids is 4. The number of hydrogen-bond donors (Lipinski definition) is 2. The number of ketones is 1. The summed E-state index contributed by atoms with van der Waals surface area (Å²) in [7, 11) is 0. The van der Waals surface area contributed by atoms with Crippen molar-refractivity contribution in [2.75, 3.05) is 11.9 Å². The highest BCUT2D eigenvalue weighted by Crippen LogP contribution is 2.24. The Morgan fingerprint density at radius 1 is 1.27 bits per heavy atom. The molecule has 0 unspecified atom stereocenters. The molecule has 0 aliphatic carbocycles. The van der Waals surface area contributed by atoms with Crippen LogP contribution in [0.25, 0.3) is 0 Å². The van der Waals surface area contributed by atoms with Gasteiger partial charge in [0.1, 0.15) is 12.1 Å². The molecule has 0 radical (unpaired) electrons. The van der Waals surface area contributed by atoms with Gasteiger partial charge in [0, 0.05) is 11.3 Å². The molecule has 1 saturated heterocycles. The highest BCUT2D eigenvalue weighted by atomic mass is 16.2. The maximum atomic E-state index is 12.6. The number of anilines is 1. The SMILES string of the molecule is CC(=O)c1cccc(NC(=O)CN2C(=O)N[C@@](C)(CCC(C)C)C2=O)c1. The van der Waals surface area contributed by atoms with Crippen molar-refractivity contribution in [2.45, 2.75) is 46.1 Å². The van der Waals surface area contributed by atoms with Crippen LogP contribution in [-0.4, -0.2) is 40.6 Å². The van der Waals surface area contributed by atoms with Gasteiger partial charge in [-0.15, -0.1) is 0 Å². The number of urea groups is 1. The number of carbonyl (C=O) groups is 4. The van der Waals surface area contributed by atoms with Crippen molar-refractivity contribution in [3.8, 4) is 0 Å². The molecule has 1 aromatic rings.